The number of hydrogen-bond acceptors (Lipinski definition) is 4. The van der Waals surface area contributed by atoms with Gasteiger partial charge < -0.3 is 10.0 Å². The second-order valence-electron chi connectivity index (χ2n) is 11.6. The molecule has 0 radical (unpaired) electrons. The summed E-state index contributed by atoms with van der Waals surface area (Å²) in [6, 6.07) is 14.0. The number of halogens is 2. The Kier molecular flexibility index (Phi) is 7.79. The highest BCUT2D eigenvalue weighted by Gasteiger charge is 2.55. The van der Waals surface area contributed by atoms with Gasteiger partial charge in [-0.3, -0.25) is 9.59 Å². The third-order valence-electron chi connectivity index (χ3n) is 8.48. The molecular formula is C29H34Cl2N2O5S. The zero-order chi connectivity index (χ0) is 28.1. The maximum absolute atomic E-state index is 14.5. The normalized spacial score (nSPS) is 26.6. The summed E-state index contributed by atoms with van der Waals surface area (Å²) < 4.78 is 27.7. The van der Waals surface area contributed by atoms with Crippen molar-refractivity contribution >= 4 is 45.1 Å². The maximum atomic E-state index is 14.5. The highest BCUT2D eigenvalue weighted by molar-refractivity contribution is 7.90. The zero-order valence-electron chi connectivity index (χ0n) is 22.1. The van der Waals surface area contributed by atoms with E-state index in [0.717, 1.165) is 24.0 Å². The highest BCUT2D eigenvalue weighted by Crippen LogP contribution is 2.54. The van der Waals surface area contributed by atoms with Gasteiger partial charge in [-0.2, -0.15) is 0 Å². The molecular weight excluding hydrogens is 559 g/mol. The average Bonchev–Trinajstić information content (AvgIpc) is 3.77. The lowest BCUT2D eigenvalue weighted by molar-refractivity contribution is -0.161. The summed E-state index contributed by atoms with van der Waals surface area (Å²) in [4.78, 5) is 28.3. The van der Waals surface area contributed by atoms with Crippen LogP contribution < -0.4 is 0 Å². The number of likely N-dealkylation sites (N-methyl/N-ethyl adjacent to an activating group) is 1. The molecule has 1 amide bonds. The Balaban J connectivity index is 1.65. The van der Waals surface area contributed by atoms with Crippen LogP contribution in [0.1, 0.15) is 68.5 Å². The van der Waals surface area contributed by atoms with Crippen LogP contribution in [-0.4, -0.2) is 59.5 Å². The van der Waals surface area contributed by atoms with Crippen molar-refractivity contribution in [1.82, 2.24) is 9.21 Å². The second kappa shape index (κ2) is 10.7. The predicted octanol–water partition coefficient (Wildman–Crippen LogP) is 5.73. The monoisotopic (exact) mass is 592 g/mol. The highest BCUT2D eigenvalue weighted by atomic mass is 35.5. The number of nitrogens with zero attached hydrogens (tertiary/aromatic N) is 2. The smallest absolute Gasteiger partial charge is 0.304 e. The number of rotatable bonds is 10. The van der Waals surface area contributed by atoms with Crippen LogP contribution in [0.5, 0.6) is 0 Å². The standard InChI is InChI=1S/C29H34Cl2N2O5S/c1-29(16-26(34)35)15-24(20-4-3-5-22(31)14-20)27(19-8-10-21(30)11-9-19)33(28(29)36)25(18-6-7-18)17-32(2)39(37,38)23-12-13-23/h3-5,8-11,14,18,23-25,27H,6-7,12-13,15-17H2,1-2H3,(H,34,35). The molecule has 3 aliphatic rings. The molecule has 39 heavy (non-hydrogen) atoms. The second-order valence-corrected chi connectivity index (χ2v) is 14.8. The number of likely N-dealkylation sites (tertiary alicyclic amines) is 1. The van der Waals surface area contributed by atoms with Crippen LogP contribution in [0.3, 0.4) is 0 Å². The molecule has 1 heterocycles. The lowest BCUT2D eigenvalue weighted by Gasteiger charge is -2.52. The van der Waals surface area contributed by atoms with E-state index >= 15 is 0 Å². The van der Waals surface area contributed by atoms with Crippen molar-refractivity contribution in [3.05, 3.63) is 69.7 Å². The van der Waals surface area contributed by atoms with Gasteiger partial charge in [-0.05, 0) is 73.4 Å². The van der Waals surface area contributed by atoms with E-state index in [0.29, 0.717) is 29.3 Å². The van der Waals surface area contributed by atoms with Crippen LogP contribution >= 0.6 is 23.2 Å². The van der Waals surface area contributed by atoms with Crippen LogP contribution in [0.15, 0.2) is 48.5 Å². The summed E-state index contributed by atoms with van der Waals surface area (Å²) in [6.45, 7) is 1.89. The van der Waals surface area contributed by atoms with Gasteiger partial charge in [-0.25, -0.2) is 12.7 Å². The largest absolute Gasteiger partial charge is 0.481 e. The van der Waals surface area contributed by atoms with E-state index in [4.69, 9.17) is 23.2 Å². The Labute approximate surface area is 240 Å². The topological polar surface area (TPSA) is 95.0 Å². The predicted molar refractivity (Wildman–Crippen MR) is 151 cm³/mol. The van der Waals surface area contributed by atoms with E-state index in [-0.39, 0.29) is 36.0 Å². The Bertz CT molecular complexity index is 1360. The first kappa shape index (κ1) is 28.4. The SMILES string of the molecule is CN(CC(C1CC1)N1C(=O)C(C)(CC(=O)O)CC(c2cccc(Cl)c2)C1c1ccc(Cl)cc1)S(=O)(=O)C1CC1. The lowest BCUT2D eigenvalue weighted by Crippen LogP contribution is -2.59. The van der Waals surface area contributed by atoms with Crippen LogP contribution in [0.4, 0.5) is 0 Å². The first-order valence-corrected chi connectivity index (χ1v) is 15.7. The van der Waals surface area contributed by atoms with Gasteiger partial charge in [0, 0.05) is 35.6 Å². The van der Waals surface area contributed by atoms with E-state index in [2.05, 4.69) is 0 Å². The van der Waals surface area contributed by atoms with Gasteiger partial charge in [-0.15, -0.1) is 0 Å². The minimum Gasteiger partial charge on any atom is -0.481 e. The van der Waals surface area contributed by atoms with E-state index in [1.54, 1.807) is 32.2 Å². The van der Waals surface area contributed by atoms with Crippen LogP contribution in [0, 0.1) is 11.3 Å². The Hall–Kier alpha value is -2.13. The number of carboxylic acids is 1. The lowest BCUT2D eigenvalue weighted by atomic mass is 9.67. The van der Waals surface area contributed by atoms with E-state index < -0.39 is 33.5 Å². The maximum Gasteiger partial charge on any atom is 0.304 e. The van der Waals surface area contributed by atoms with Gasteiger partial charge in [0.15, 0.2) is 0 Å². The molecule has 2 aromatic carbocycles. The molecule has 210 valence electrons. The number of hydrogen-bond donors (Lipinski definition) is 1. The van der Waals surface area contributed by atoms with Crippen molar-refractivity contribution in [3.63, 3.8) is 0 Å². The molecule has 4 atom stereocenters. The number of piperidine rings is 1. The van der Waals surface area contributed by atoms with Gasteiger partial charge in [0.2, 0.25) is 15.9 Å². The fourth-order valence-corrected chi connectivity index (χ4v) is 8.10. The van der Waals surface area contributed by atoms with Gasteiger partial charge in [-0.1, -0.05) is 54.4 Å². The number of carbonyl (C=O) groups excluding carboxylic acids is 1. The number of amides is 1. The quantitative estimate of drug-likeness (QED) is 0.380. The van der Waals surface area contributed by atoms with Crippen molar-refractivity contribution in [2.75, 3.05) is 13.6 Å². The van der Waals surface area contributed by atoms with Gasteiger partial charge >= 0.3 is 5.97 Å². The van der Waals surface area contributed by atoms with Crippen molar-refractivity contribution < 1.29 is 23.1 Å². The zero-order valence-corrected chi connectivity index (χ0v) is 24.4. The van der Waals surface area contributed by atoms with Gasteiger partial charge in [0.05, 0.1) is 23.1 Å². The van der Waals surface area contributed by atoms with E-state index in [9.17, 15) is 23.1 Å². The first-order chi connectivity index (χ1) is 18.4. The summed E-state index contributed by atoms with van der Waals surface area (Å²) in [5, 5.41) is 10.6. The summed E-state index contributed by atoms with van der Waals surface area (Å²) in [5.41, 5.74) is 0.599. The fraction of sp³-hybridized carbons (Fsp3) is 0.517. The third kappa shape index (κ3) is 5.85. The molecule has 0 bridgehead atoms. The molecule has 1 saturated heterocycles. The fourth-order valence-electron chi connectivity index (χ4n) is 6.18. The Morgan fingerprint density at radius 2 is 1.74 bits per heavy atom. The summed E-state index contributed by atoms with van der Waals surface area (Å²) >= 11 is 12.6. The molecule has 4 unspecified atom stereocenters. The third-order valence-corrected chi connectivity index (χ3v) is 11.3. The molecule has 3 fully saturated rings. The van der Waals surface area contributed by atoms with Crippen molar-refractivity contribution in [2.45, 2.75) is 68.7 Å². The number of carboxylic acid groups (broad SMARTS) is 1. The van der Waals surface area contributed by atoms with E-state index in [1.807, 2.05) is 35.2 Å². The molecule has 0 spiro atoms. The molecule has 7 nitrogen and oxygen atoms in total. The van der Waals surface area contributed by atoms with E-state index in [1.165, 1.54) is 4.31 Å². The summed E-state index contributed by atoms with van der Waals surface area (Å²) in [5.74, 6) is -1.43. The number of aliphatic carboxylic acids is 1. The minimum atomic E-state index is -3.46. The van der Waals surface area contributed by atoms with Crippen molar-refractivity contribution in [1.29, 1.82) is 0 Å². The van der Waals surface area contributed by atoms with Crippen LogP contribution in [0.25, 0.3) is 0 Å². The molecule has 2 saturated carbocycles. The summed E-state index contributed by atoms with van der Waals surface area (Å²) in [6.07, 6.45) is 3.08. The van der Waals surface area contributed by atoms with Gasteiger partial charge in [0.1, 0.15) is 0 Å². The van der Waals surface area contributed by atoms with Gasteiger partial charge in [0.25, 0.3) is 0 Å². The Morgan fingerprint density at radius 1 is 1.08 bits per heavy atom. The molecule has 2 aromatic rings. The van der Waals surface area contributed by atoms with Crippen LogP contribution in [0.2, 0.25) is 10.0 Å². The average molecular weight is 594 g/mol. The van der Waals surface area contributed by atoms with Crippen molar-refractivity contribution in [3.8, 4) is 0 Å². The minimum absolute atomic E-state index is 0.132. The molecule has 1 aliphatic heterocycles. The molecule has 0 aromatic heterocycles. The van der Waals surface area contributed by atoms with Crippen LogP contribution in [-0.2, 0) is 19.6 Å². The van der Waals surface area contributed by atoms with Crippen molar-refractivity contribution in [2.24, 2.45) is 11.3 Å². The number of carbonyl (C=O) groups is 2. The first-order valence-electron chi connectivity index (χ1n) is 13.4. The Morgan fingerprint density at radius 3 is 2.31 bits per heavy atom. The molecule has 1 N–H and O–H groups in total. The number of benzene rings is 2. The molecule has 5 rings (SSSR count). The molecule has 2 aliphatic carbocycles. The summed E-state index contributed by atoms with van der Waals surface area (Å²) in [7, 11) is -1.87. The molecule has 10 heteroatoms. The number of sulfonamides is 1.